The van der Waals surface area contributed by atoms with Crippen LogP contribution in [0.2, 0.25) is 0 Å². The van der Waals surface area contributed by atoms with Crippen LogP contribution in [-0.4, -0.2) is 50.7 Å². The molecule has 0 aromatic carbocycles. The van der Waals surface area contributed by atoms with Crippen LogP contribution in [-0.2, 0) is 7.05 Å². The molecule has 0 unspecified atom stereocenters. The van der Waals surface area contributed by atoms with E-state index >= 15 is 0 Å². The van der Waals surface area contributed by atoms with Gasteiger partial charge in [0.2, 0.25) is 0 Å². The average molecular weight is 347 g/mol. The van der Waals surface area contributed by atoms with Gasteiger partial charge in [0.25, 0.3) is 5.91 Å². The second-order valence-corrected chi connectivity index (χ2v) is 7.65. The molecule has 0 spiro atoms. The molecule has 0 aliphatic heterocycles. The highest BCUT2D eigenvalue weighted by molar-refractivity contribution is 7.17. The third-order valence-corrected chi connectivity index (χ3v) is 5.49. The van der Waals surface area contributed by atoms with Crippen LogP contribution in [0.25, 0.3) is 10.6 Å². The van der Waals surface area contributed by atoms with Crippen LogP contribution in [0, 0.1) is 6.92 Å². The van der Waals surface area contributed by atoms with Crippen molar-refractivity contribution in [3.63, 3.8) is 0 Å². The summed E-state index contributed by atoms with van der Waals surface area (Å²) in [6.45, 7) is 7.89. The summed E-state index contributed by atoms with van der Waals surface area (Å²) in [6, 6.07) is 1.24. The van der Waals surface area contributed by atoms with Gasteiger partial charge in [0.1, 0.15) is 9.88 Å². The zero-order valence-corrected chi connectivity index (χ0v) is 15.6. The molecule has 2 heterocycles. The summed E-state index contributed by atoms with van der Waals surface area (Å²) >= 11 is 1.43. The first-order valence-electron chi connectivity index (χ1n) is 8.46. The van der Waals surface area contributed by atoms with Gasteiger partial charge >= 0.3 is 0 Å². The van der Waals surface area contributed by atoms with Crippen molar-refractivity contribution in [1.29, 1.82) is 0 Å². The molecule has 1 aliphatic carbocycles. The fourth-order valence-electron chi connectivity index (χ4n) is 2.91. The van der Waals surface area contributed by atoms with E-state index in [2.05, 4.69) is 34.1 Å². The van der Waals surface area contributed by atoms with E-state index in [4.69, 9.17) is 0 Å². The van der Waals surface area contributed by atoms with Crippen molar-refractivity contribution in [1.82, 2.24) is 25.0 Å². The van der Waals surface area contributed by atoms with E-state index in [9.17, 15) is 4.79 Å². The molecule has 7 heteroatoms. The molecule has 3 rings (SSSR count). The maximum Gasteiger partial charge on any atom is 0.263 e. The summed E-state index contributed by atoms with van der Waals surface area (Å²) in [5, 5.41) is 8.05. The molecule has 24 heavy (non-hydrogen) atoms. The Bertz CT molecular complexity index is 714. The summed E-state index contributed by atoms with van der Waals surface area (Å²) in [4.78, 5) is 20.2. The first-order valence-corrected chi connectivity index (χ1v) is 9.27. The molecule has 2 aromatic heterocycles. The summed E-state index contributed by atoms with van der Waals surface area (Å²) in [5.74, 6) is -0.0281. The van der Waals surface area contributed by atoms with Crippen LogP contribution in [0.1, 0.15) is 42.1 Å². The third-order valence-electron chi connectivity index (χ3n) is 4.29. The van der Waals surface area contributed by atoms with E-state index in [0.29, 0.717) is 23.5 Å². The predicted molar refractivity (Wildman–Crippen MR) is 96.3 cm³/mol. The molecule has 6 nitrogen and oxygen atoms in total. The van der Waals surface area contributed by atoms with E-state index in [1.54, 1.807) is 10.9 Å². The van der Waals surface area contributed by atoms with Crippen molar-refractivity contribution in [2.45, 2.75) is 45.7 Å². The lowest BCUT2D eigenvalue weighted by molar-refractivity contribution is 0.0947. The number of hydrogen-bond acceptors (Lipinski definition) is 5. The van der Waals surface area contributed by atoms with Gasteiger partial charge in [-0.15, -0.1) is 11.3 Å². The Hall–Kier alpha value is -1.73. The van der Waals surface area contributed by atoms with Gasteiger partial charge in [-0.25, -0.2) is 4.98 Å². The topological polar surface area (TPSA) is 63.1 Å². The summed E-state index contributed by atoms with van der Waals surface area (Å²) < 4.78 is 1.74. The highest BCUT2D eigenvalue weighted by Gasteiger charge is 2.30. The molecule has 1 fully saturated rings. The number of aromatic nitrogens is 3. The van der Waals surface area contributed by atoms with Crippen molar-refractivity contribution < 1.29 is 4.79 Å². The third kappa shape index (κ3) is 3.84. The molecule has 0 radical (unpaired) electrons. The minimum absolute atomic E-state index is 0.0281. The number of carbonyl (C=O) groups is 1. The number of amides is 1. The number of nitrogens with zero attached hydrogens (tertiary/aromatic N) is 4. The minimum atomic E-state index is -0.0281. The Morgan fingerprint density at radius 2 is 2.25 bits per heavy atom. The number of hydrogen-bond donors (Lipinski definition) is 1. The smallest absolute Gasteiger partial charge is 0.263 e. The lowest BCUT2D eigenvalue weighted by Crippen LogP contribution is -2.39. The van der Waals surface area contributed by atoms with Crippen LogP contribution >= 0.6 is 11.3 Å². The summed E-state index contributed by atoms with van der Waals surface area (Å²) in [5.41, 5.74) is 1.73. The van der Waals surface area contributed by atoms with Crippen molar-refractivity contribution in [2.75, 3.05) is 13.1 Å². The number of aryl methyl sites for hydroxylation is 2. The number of thiazole rings is 1. The van der Waals surface area contributed by atoms with E-state index in [0.717, 1.165) is 22.8 Å². The quantitative estimate of drug-likeness (QED) is 0.836. The lowest BCUT2D eigenvalue weighted by Gasteiger charge is -2.26. The van der Waals surface area contributed by atoms with Crippen molar-refractivity contribution >= 4 is 17.2 Å². The second kappa shape index (κ2) is 7.03. The van der Waals surface area contributed by atoms with E-state index < -0.39 is 0 Å². The van der Waals surface area contributed by atoms with Crippen LogP contribution in [0.4, 0.5) is 0 Å². The average Bonchev–Trinajstić information content (AvgIpc) is 3.14. The highest BCUT2D eigenvalue weighted by Crippen LogP contribution is 2.29. The van der Waals surface area contributed by atoms with Gasteiger partial charge in [-0.2, -0.15) is 5.10 Å². The standard InChI is InChI=1S/C17H25N5OS/c1-11(2)22(14-5-6-14)8-7-18-16(23)15-12(3)20-17(24-15)13-9-19-21(4)10-13/h9-11,14H,5-8H2,1-4H3,(H,18,23). The first kappa shape index (κ1) is 17.1. The molecule has 2 aromatic rings. The SMILES string of the molecule is Cc1nc(-c2cnn(C)c2)sc1C(=O)NCCN(C(C)C)C1CC1. The van der Waals surface area contributed by atoms with Gasteiger partial charge in [-0.3, -0.25) is 14.4 Å². The minimum Gasteiger partial charge on any atom is -0.350 e. The van der Waals surface area contributed by atoms with Crippen molar-refractivity contribution in [3.05, 3.63) is 23.0 Å². The number of carbonyl (C=O) groups excluding carboxylic acids is 1. The zero-order chi connectivity index (χ0) is 17.3. The van der Waals surface area contributed by atoms with Crippen LogP contribution in [0.5, 0.6) is 0 Å². The molecule has 1 aliphatic rings. The van der Waals surface area contributed by atoms with Gasteiger partial charge in [0, 0.05) is 44.0 Å². The van der Waals surface area contributed by atoms with Gasteiger partial charge in [0.05, 0.1) is 11.9 Å². The van der Waals surface area contributed by atoms with Gasteiger partial charge < -0.3 is 5.32 Å². The predicted octanol–water partition coefficient (Wildman–Crippen LogP) is 2.45. The fraction of sp³-hybridized carbons (Fsp3) is 0.588. The Kier molecular flexibility index (Phi) is 5.01. The molecule has 1 N–H and O–H groups in total. The molecule has 0 atom stereocenters. The number of nitrogens with one attached hydrogen (secondary N) is 1. The molecule has 1 amide bonds. The Morgan fingerprint density at radius 1 is 1.50 bits per heavy atom. The fourth-order valence-corrected chi connectivity index (χ4v) is 3.87. The van der Waals surface area contributed by atoms with Crippen LogP contribution in [0.3, 0.4) is 0 Å². The summed E-state index contributed by atoms with van der Waals surface area (Å²) in [6.07, 6.45) is 6.26. The highest BCUT2D eigenvalue weighted by atomic mass is 32.1. The largest absolute Gasteiger partial charge is 0.350 e. The second-order valence-electron chi connectivity index (χ2n) is 6.65. The Labute approximate surface area is 146 Å². The van der Waals surface area contributed by atoms with E-state index in [1.807, 2.05) is 20.2 Å². The molecule has 0 saturated heterocycles. The van der Waals surface area contributed by atoms with Gasteiger partial charge in [0.15, 0.2) is 0 Å². The van der Waals surface area contributed by atoms with Gasteiger partial charge in [-0.05, 0) is 33.6 Å². The Morgan fingerprint density at radius 3 is 2.83 bits per heavy atom. The van der Waals surface area contributed by atoms with E-state index in [-0.39, 0.29) is 5.91 Å². The Balaban J connectivity index is 1.60. The van der Waals surface area contributed by atoms with Crippen LogP contribution < -0.4 is 5.32 Å². The monoisotopic (exact) mass is 347 g/mol. The molecule has 130 valence electrons. The summed E-state index contributed by atoms with van der Waals surface area (Å²) in [7, 11) is 1.87. The van der Waals surface area contributed by atoms with Crippen molar-refractivity contribution in [3.8, 4) is 10.6 Å². The zero-order valence-electron chi connectivity index (χ0n) is 14.7. The molecule has 1 saturated carbocycles. The first-order chi connectivity index (χ1) is 11.5. The van der Waals surface area contributed by atoms with E-state index in [1.165, 1.54) is 24.2 Å². The maximum absolute atomic E-state index is 12.5. The molecular formula is C17H25N5OS. The van der Waals surface area contributed by atoms with Crippen LogP contribution in [0.15, 0.2) is 12.4 Å². The normalized spacial score (nSPS) is 14.6. The molecular weight excluding hydrogens is 322 g/mol. The van der Waals surface area contributed by atoms with Gasteiger partial charge in [-0.1, -0.05) is 0 Å². The maximum atomic E-state index is 12.5. The molecule has 0 bridgehead atoms. The number of rotatable bonds is 7. The van der Waals surface area contributed by atoms with Crippen molar-refractivity contribution in [2.24, 2.45) is 7.05 Å². The lowest BCUT2D eigenvalue weighted by atomic mass is 10.3.